The lowest BCUT2D eigenvalue weighted by molar-refractivity contribution is 0.570. The lowest BCUT2D eigenvalue weighted by Gasteiger charge is -2.11. The van der Waals surface area contributed by atoms with Gasteiger partial charge in [-0.15, -0.1) is 17.9 Å². The van der Waals surface area contributed by atoms with E-state index in [0.29, 0.717) is 6.04 Å². The molecule has 66 valence electrons. The first-order valence-electron chi connectivity index (χ1n) is 4.02. The van der Waals surface area contributed by atoms with Crippen molar-refractivity contribution in [2.75, 3.05) is 7.05 Å². The van der Waals surface area contributed by atoms with Crippen molar-refractivity contribution in [3.05, 3.63) is 29.2 Å². The highest BCUT2D eigenvalue weighted by atomic mass is 32.1. The molecule has 2 nitrogen and oxygen atoms in total. The Morgan fingerprint density at radius 2 is 2.67 bits per heavy atom. The number of hydrogen-bond acceptors (Lipinski definition) is 3. The first-order chi connectivity index (χ1) is 5.86. The molecule has 0 aliphatic carbocycles. The van der Waals surface area contributed by atoms with E-state index in [0.717, 1.165) is 12.8 Å². The summed E-state index contributed by atoms with van der Waals surface area (Å²) in [6.07, 6.45) is 5.93. The van der Waals surface area contributed by atoms with Crippen molar-refractivity contribution >= 4 is 11.3 Å². The number of hydrogen-bond donors (Lipinski definition) is 1. The molecule has 1 heterocycles. The molecule has 0 aliphatic heterocycles. The SMILES string of the molecule is C=CCC(Cc1cncs1)NC. The molecule has 0 saturated carbocycles. The van der Waals surface area contributed by atoms with Gasteiger partial charge in [-0.25, -0.2) is 0 Å². The Kier molecular flexibility index (Phi) is 3.97. The van der Waals surface area contributed by atoms with Crippen LogP contribution in [0.15, 0.2) is 24.4 Å². The summed E-state index contributed by atoms with van der Waals surface area (Å²) < 4.78 is 0. The Balaban J connectivity index is 2.42. The van der Waals surface area contributed by atoms with Crippen LogP contribution in [0.1, 0.15) is 11.3 Å². The summed E-state index contributed by atoms with van der Waals surface area (Å²) in [5, 5.41) is 3.25. The normalized spacial score (nSPS) is 12.8. The van der Waals surface area contributed by atoms with Crippen LogP contribution in [0.5, 0.6) is 0 Å². The fraction of sp³-hybridized carbons (Fsp3) is 0.444. The monoisotopic (exact) mass is 182 g/mol. The zero-order chi connectivity index (χ0) is 8.81. The Morgan fingerprint density at radius 1 is 1.83 bits per heavy atom. The molecule has 0 aliphatic rings. The average Bonchev–Trinajstić information content (AvgIpc) is 2.56. The molecule has 0 aromatic carbocycles. The average molecular weight is 182 g/mol. The highest BCUT2D eigenvalue weighted by molar-refractivity contribution is 7.09. The summed E-state index contributed by atoms with van der Waals surface area (Å²) in [7, 11) is 1.98. The molecule has 0 amide bonds. The van der Waals surface area contributed by atoms with Gasteiger partial charge in [-0.2, -0.15) is 0 Å². The van der Waals surface area contributed by atoms with Crippen molar-refractivity contribution in [1.29, 1.82) is 0 Å². The number of likely N-dealkylation sites (N-methyl/N-ethyl adjacent to an activating group) is 1. The molecule has 0 saturated heterocycles. The van der Waals surface area contributed by atoms with Crippen LogP contribution in [0.3, 0.4) is 0 Å². The quantitative estimate of drug-likeness (QED) is 0.703. The van der Waals surface area contributed by atoms with Crippen LogP contribution in [-0.4, -0.2) is 18.1 Å². The molecule has 0 radical (unpaired) electrons. The highest BCUT2D eigenvalue weighted by Gasteiger charge is 2.05. The minimum atomic E-state index is 0.503. The van der Waals surface area contributed by atoms with Crippen molar-refractivity contribution in [2.45, 2.75) is 18.9 Å². The van der Waals surface area contributed by atoms with Crippen molar-refractivity contribution in [1.82, 2.24) is 10.3 Å². The standard InChI is InChI=1S/C9H14N2S/c1-3-4-8(10-2)5-9-6-11-7-12-9/h3,6-8,10H,1,4-5H2,2H3. The molecule has 1 aromatic heterocycles. The molecular weight excluding hydrogens is 168 g/mol. The fourth-order valence-corrected chi connectivity index (χ4v) is 1.77. The molecule has 12 heavy (non-hydrogen) atoms. The summed E-state index contributed by atoms with van der Waals surface area (Å²) in [6, 6.07) is 0.503. The van der Waals surface area contributed by atoms with Gasteiger partial charge in [0.15, 0.2) is 0 Å². The van der Waals surface area contributed by atoms with Gasteiger partial charge in [0.05, 0.1) is 5.51 Å². The Labute approximate surface area is 77.3 Å². The third-order valence-electron chi connectivity index (χ3n) is 1.79. The second kappa shape index (κ2) is 5.06. The van der Waals surface area contributed by atoms with Gasteiger partial charge in [0.1, 0.15) is 0 Å². The minimum Gasteiger partial charge on any atom is -0.316 e. The van der Waals surface area contributed by atoms with Crippen molar-refractivity contribution < 1.29 is 0 Å². The van der Waals surface area contributed by atoms with Crippen LogP contribution >= 0.6 is 11.3 Å². The van der Waals surface area contributed by atoms with E-state index in [1.807, 2.05) is 24.8 Å². The van der Waals surface area contributed by atoms with Crippen LogP contribution < -0.4 is 5.32 Å². The van der Waals surface area contributed by atoms with Crippen LogP contribution in [0.2, 0.25) is 0 Å². The molecule has 1 rings (SSSR count). The van der Waals surface area contributed by atoms with Crippen molar-refractivity contribution in [2.24, 2.45) is 0 Å². The van der Waals surface area contributed by atoms with Gasteiger partial charge in [0.25, 0.3) is 0 Å². The smallest absolute Gasteiger partial charge is 0.0794 e. The number of thiazole rings is 1. The van der Waals surface area contributed by atoms with Crippen LogP contribution in [-0.2, 0) is 6.42 Å². The first-order valence-corrected chi connectivity index (χ1v) is 4.90. The number of rotatable bonds is 5. The second-order valence-corrected chi connectivity index (χ2v) is 3.65. The van der Waals surface area contributed by atoms with Gasteiger partial charge in [-0.1, -0.05) is 6.08 Å². The van der Waals surface area contributed by atoms with Crippen LogP contribution in [0.4, 0.5) is 0 Å². The Morgan fingerprint density at radius 3 is 3.17 bits per heavy atom. The zero-order valence-electron chi connectivity index (χ0n) is 7.29. The first kappa shape index (κ1) is 9.42. The van der Waals surface area contributed by atoms with Gasteiger partial charge >= 0.3 is 0 Å². The van der Waals surface area contributed by atoms with Crippen molar-refractivity contribution in [3.8, 4) is 0 Å². The second-order valence-electron chi connectivity index (χ2n) is 2.68. The minimum absolute atomic E-state index is 0.503. The summed E-state index contributed by atoms with van der Waals surface area (Å²) in [6.45, 7) is 3.73. The lowest BCUT2D eigenvalue weighted by Crippen LogP contribution is -2.26. The topological polar surface area (TPSA) is 24.9 Å². The van der Waals surface area contributed by atoms with Gasteiger partial charge in [-0.3, -0.25) is 4.98 Å². The Bertz CT molecular complexity index is 218. The van der Waals surface area contributed by atoms with E-state index in [1.165, 1.54) is 4.88 Å². The van der Waals surface area contributed by atoms with Crippen LogP contribution in [0, 0.1) is 0 Å². The summed E-state index contributed by atoms with van der Waals surface area (Å²) in [5.74, 6) is 0. The number of aromatic nitrogens is 1. The van der Waals surface area contributed by atoms with Gasteiger partial charge in [0.2, 0.25) is 0 Å². The molecule has 3 heteroatoms. The lowest BCUT2D eigenvalue weighted by atomic mass is 10.1. The third-order valence-corrected chi connectivity index (χ3v) is 2.59. The van der Waals surface area contributed by atoms with E-state index in [-0.39, 0.29) is 0 Å². The summed E-state index contributed by atoms with van der Waals surface area (Å²) in [5.41, 5.74) is 1.87. The van der Waals surface area contributed by atoms with E-state index < -0.39 is 0 Å². The van der Waals surface area contributed by atoms with Crippen molar-refractivity contribution in [3.63, 3.8) is 0 Å². The maximum Gasteiger partial charge on any atom is 0.0794 e. The maximum atomic E-state index is 4.03. The number of nitrogens with zero attached hydrogens (tertiary/aromatic N) is 1. The molecule has 1 atom stereocenters. The largest absolute Gasteiger partial charge is 0.316 e. The molecule has 1 aromatic rings. The Hall–Kier alpha value is -0.670. The predicted octanol–water partition coefficient (Wildman–Crippen LogP) is 1.85. The van der Waals surface area contributed by atoms with E-state index in [1.54, 1.807) is 11.3 Å². The van der Waals surface area contributed by atoms with Gasteiger partial charge in [0, 0.05) is 17.1 Å². The zero-order valence-corrected chi connectivity index (χ0v) is 8.10. The molecule has 0 fully saturated rings. The predicted molar refractivity (Wildman–Crippen MR) is 53.5 cm³/mol. The molecule has 0 bridgehead atoms. The molecule has 0 spiro atoms. The fourth-order valence-electron chi connectivity index (χ4n) is 1.09. The number of nitrogens with one attached hydrogen (secondary N) is 1. The van der Waals surface area contributed by atoms with Crippen LogP contribution in [0.25, 0.3) is 0 Å². The molecule has 1 unspecified atom stereocenters. The third kappa shape index (κ3) is 2.75. The van der Waals surface area contributed by atoms with E-state index in [9.17, 15) is 0 Å². The molecular formula is C9H14N2S. The van der Waals surface area contributed by atoms with Gasteiger partial charge < -0.3 is 5.32 Å². The maximum absolute atomic E-state index is 4.03. The van der Waals surface area contributed by atoms with E-state index in [4.69, 9.17) is 0 Å². The summed E-state index contributed by atoms with van der Waals surface area (Å²) in [4.78, 5) is 5.36. The molecule has 1 N–H and O–H groups in total. The van der Waals surface area contributed by atoms with E-state index >= 15 is 0 Å². The highest BCUT2D eigenvalue weighted by Crippen LogP contribution is 2.10. The van der Waals surface area contributed by atoms with Gasteiger partial charge in [-0.05, 0) is 19.9 Å². The van der Waals surface area contributed by atoms with E-state index in [2.05, 4.69) is 16.9 Å². The summed E-state index contributed by atoms with van der Waals surface area (Å²) >= 11 is 1.71.